The molecule has 0 spiro atoms. The lowest BCUT2D eigenvalue weighted by Gasteiger charge is -2.24. The normalized spacial score (nSPS) is 13.1. The van der Waals surface area contributed by atoms with E-state index in [-0.39, 0.29) is 18.2 Å². The molecule has 8 heteroatoms. The van der Waals surface area contributed by atoms with E-state index in [9.17, 15) is 9.59 Å². The Morgan fingerprint density at radius 3 is 2.41 bits per heavy atom. The third-order valence-corrected chi connectivity index (χ3v) is 5.54. The van der Waals surface area contributed by atoms with Gasteiger partial charge in [-0.2, -0.15) is 5.10 Å². The third kappa shape index (κ3) is 5.40. The number of nitrogens with zero attached hydrogens (tertiary/aromatic N) is 3. The topological polar surface area (TPSA) is 93.1 Å². The molecule has 2 heterocycles. The van der Waals surface area contributed by atoms with Crippen molar-refractivity contribution in [1.82, 2.24) is 9.99 Å². The van der Waals surface area contributed by atoms with Gasteiger partial charge in [0.25, 0.3) is 5.91 Å². The number of carbonyl (C=O) groups excluding carboxylic acids is 2. The number of pyridine rings is 1. The summed E-state index contributed by atoms with van der Waals surface area (Å²) < 4.78 is 10.7. The summed E-state index contributed by atoms with van der Waals surface area (Å²) in [5.41, 5.74) is 3.78. The van der Waals surface area contributed by atoms with Crippen molar-refractivity contribution in [2.75, 3.05) is 26.1 Å². The summed E-state index contributed by atoms with van der Waals surface area (Å²) in [6.45, 7) is 0.579. The molecule has 2 amide bonds. The highest BCUT2D eigenvalue weighted by Gasteiger charge is 2.20. The molecule has 1 aromatic heterocycles. The number of benzene rings is 2. The predicted molar refractivity (Wildman–Crippen MR) is 129 cm³/mol. The second-order valence-corrected chi connectivity index (χ2v) is 7.80. The van der Waals surface area contributed by atoms with E-state index >= 15 is 0 Å². The molecular formula is C26H26N4O4. The lowest BCUT2D eigenvalue weighted by molar-refractivity contribution is -0.130. The Labute approximate surface area is 198 Å². The first-order chi connectivity index (χ1) is 16.6. The first-order valence-corrected chi connectivity index (χ1v) is 11.0. The van der Waals surface area contributed by atoms with Crippen LogP contribution in [0.4, 0.5) is 5.69 Å². The van der Waals surface area contributed by atoms with Crippen molar-refractivity contribution >= 4 is 23.2 Å². The minimum absolute atomic E-state index is 0.0775. The molecule has 0 saturated carbocycles. The number of hydrogen-bond donors (Lipinski definition) is 1. The van der Waals surface area contributed by atoms with E-state index in [0.29, 0.717) is 29.3 Å². The molecule has 174 valence electrons. The molecule has 0 atom stereocenters. The monoisotopic (exact) mass is 458 g/mol. The number of ether oxygens (including phenoxy) is 2. The molecule has 0 bridgehead atoms. The number of rotatable bonds is 7. The van der Waals surface area contributed by atoms with E-state index in [1.807, 2.05) is 30.3 Å². The zero-order valence-corrected chi connectivity index (χ0v) is 19.2. The first kappa shape index (κ1) is 23.0. The van der Waals surface area contributed by atoms with Crippen LogP contribution in [0, 0.1) is 0 Å². The Morgan fingerprint density at radius 1 is 0.971 bits per heavy atom. The van der Waals surface area contributed by atoms with Crippen molar-refractivity contribution in [3.8, 4) is 11.5 Å². The molecule has 0 radical (unpaired) electrons. The van der Waals surface area contributed by atoms with Crippen LogP contribution in [-0.2, 0) is 11.2 Å². The van der Waals surface area contributed by atoms with Gasteiger partial charge in [0, 0.05) is 35.8 Å². The standard InChI is InChI=1S/C26H26N4O4/c1-33-23-10-7-20(17-24(23)34-2)22-4-3-15-30(29-22)25(31)16-18-5-8-21(9-6-18)28-26(32)19-11-13-27-14-12-19/h5-14,17H,3-4,15-16H2,1-2H3,(H,28,32). The van der Waals surface area contributed by atoms with Crippen LogP contribution in [0.25, 0.3) is 0 Å². The molecule has 0 saturated heterocycles. The number of nitrogens with one attached hydrogen (secondary N) is 1. The van der Waals surface area contributed by atoms with Crippen molar-refractivity contribution in [2.24, 2.45) is 5.10 Å². The number of hydrazone groups is 1. The molecule has 3 aromatic rings. The molecule has 8 nitrogen and oxygen atoms in total. The van der Waals surface area contributed by atoms with E-state index < -0.39 is 0 Å². The minimum atomic E-state index is -0.212. The summed E-state index contributed by atoms with van der Waals surface area (Å²) in [5, 5.41) is 8.99. The largest absolute Gasteiger partial charge is 0.493 e. The Balaban J connectivity index is 1.40. The molecule has 2 aromatic carbocycles. The Kier molecular flexibility index (Phi) is 7.17. The number of anilines is 1. The summed E-state index contributed by atoms with van der Waals surface area (Å²) in [7, 11) is 3.19. The van der Waals surface area contributed by atoms with Crippen molar-refractivity contribution < 1.29 is 19.1 Å². The van der Waals surface area contributed by atoms with Gasteiger partial charge in [-0.1, -0.05) is 12.1 Å². The predicted octanol–water partition coefficient (Wildman–Crippen LogP) is 3.92. The quantitative estimate of drug-likeness (QED) is 0.579. The van der Waals surface area contributed by atoms with Gasteiger partial charge in [-0.15, -0.1) is 0 Å². The Morgan fingerprint density at radius 2 is 1.71 bits per heavy atom. The first-order valence-electron chi connectivity index (χ1n) is 11.0. The number of hydrogen-bond acceptors (Lipinski definition) is 6. The van der Waals surface area contributed by atoms with Gasteiger partial charge in [0.15, 0.2) is 11.5 Å². The zero-order valence-electron chi connectivity index (χ0n) is 19.2. The van der Waals surface area contributed by atoms with E-state index in [1.54, 1.807) is 50.9 Å². The summed E-state index contributed by atoms with van der Waals surface area (Å²) >= 11 is 0. The van der Waals surface area contributed by atoms with E-state index in [1.165, 1.54) is 5.01 Å². The smallest absolute Gasteiger partial charge is 0.255 e. The highest BCUT2D eigenvalue weighted by molar-refractivity contribution is 6.04. The van der Waals surface area contributed by atoms with E-state index in [0.717, 1.165) is 29.7 Å². The van der Waals surface area contributed by atoms with Gasteiger partial charge in [0.05, 0.1) is 26.4 Å². The lowest BCUT2D eigenvalue weighted by atomic mass is 10.0. The molecule has 1 aliphatic rings. The zero-order chi connectivity index (χ0) is 23.9. The van der Waals surface area contributed by atoms with Crippen molar-refractivity contribution in [1.29, 1.82) is 0 Å². The molecule has 4 rings (SSSR count). The fourth-order valence-electron chi connectivity index (χ4n) is 3.72. The highest BCUT2D eigenvalue weighted by Crippen LogP contribution is 2.29. The van der Waals surface area contributed by atoms with Crippen LogP contribution in [0.1, 0.15) is 34.3 Å². The van der Waals surface area contributed by atoms with Gasteiger partial charge in [-0.05, 0) is 60.9 Å². The van der Waals surface area contributed by atoms with Gasteiger partial charge in [0.2, 0.25) is 5.91 Å². The summed E-state index contributed by atoms with van der Waals surface area (Å²) in [5.74, 6) is 0.987. The molecule has 0 aliphatic carbocycles. The average Bonchev–Trinajstić information content (AvgIpc) is 2.90. The maximum Gasteiger partial charge on any atom is 0.255 e. The molecule has 34 heavy (non-hydrogen) atoms. The highest BCUT2D eigenvalue weighted by atomic mass is 16.5. The van der Waals surface area contributed by atoms with Crippen LogP contribution in [-0.4, -0.2) is 48.3 Å². The van der Waals surface area contributed by atoms with Gasteiger partial charge in [-0.25, -0.2) is 5.01 Å². The minimum Gasteiger partial charge on any atom is -0.493 e. The van der Waals surface area contributed by atoms with Crippen molar-refractivity contribution in [3.05, 3.63) is 83.7 Å². The van der Waals surface area contributed by atoms with Crippen LogP contribution in [0.3, 0.4) is 0 Å². The fourth-order valence-corrected chi connectivity index (χ4v) is 3.72. The van der Waals surface area contributed by atoms with Crippen LogP contribution in [0.5, 0.6) is 11.5 Å². The molecule has 0 fully saturated rings. The fraction of sp³-hybridized carbons (Fsp3) is 0.231. The van der Waals surface area contributed by atoms with Gasteiger partial charge < -0.3 is 14.8 Å². The lowest BCUT2D eigenvalue weighted by Crippen LogP contribution is -2.33. The van der Waals surface area contributed by atoms with Gasteiger partial charge >= 0.3 is 0 Å². The number of aromatic nitrogens is 1. The second kappa shape index (κ2) is 10.6. The molecule has 1 aliphatic heterocycles. The van der Waals surface area contributed by atoms with Gasteiger partial charge in [-0.3, -0.25) is 14.6 Å². The van der Waals surface area contributed by atoms with Crippen molar-refractivity contribution in [3.63, 3.8) is 0 Å². The Hall–Kier alpha value is -4.20. The molecular weight excluding hydrogens is 432 g/mol. The molecule has 1 N–H and O–H groups in total. The van der Waals surface area contributed by atoms with Crippen molar-refractivity contribution in [2.45, 2.75) is 19.3 Å². The maximum atomic E-state index is 12.9. The Bertz CT molecular complexity index is 1190. The van der Waals surface area contributed by atoms with Gasteiger partial charge in [0.1, 0.15) is 0 Å². The summed E-state index contributed by atoms with van der Waals surface area (Å²) in [6, 6.07) is 16.2. The van der Waals surface area contributed by atoms with E-state index in [2.05, 4.69) is 15.4 Å². The number of carbonyl (C=O) groups is 2. The van der Waals surface area contributed by atoms with E-state index in [4.69, 9.17) is 9.47 Å². The number of methoxy groups -OCH3 is 2. The third-order valence-electron chi connectivity index (χ3n) is 5.54. The second-order valence-electron chi connectivity index (χ2n) is 7.80. The summed E-state index contributed by atoms with van der Waals surface area (Å²) in [4.78, 5) is 29.1. The average molecular weight is 459 g/mol. The van der Waals surface area contributed by atoms with Crippen LogP contribution in [0.15, 0.2) is 72.1 Å². The number of amides is 2. The van der Waals surface area contributed by atoms with Crippen LogP contribution >= 0.6 is 0 Å². The van der Waals surface area contributed by atoms with Crippen LogP contribution in [0.2, 0.25) is 0 Å². The maximum absolute atomic E-state index is 12.9. The summed E-state index contributed by atoms with van der Waals surface area (Å²) in [6.07, 6.45) is 4.98. The van der Waals surface area contributed by atoms with Crippen LogP contribution < -0.4 is 14.8 Å². The SMILES string of the molecule is COc1ccc(C2=NN(C(=O)Cc3ccc(NC(=O)c4ccncc4)cc3)CCC2)cc1OC. The molecule has 0 unspecified atom stereocenters.